The number of likely N-dealkylation sites (N-methyl/N-ethyl adjacent to an activating group) is 1. The molecule has 73 heavy (non-hydrogen) atoms. The summed E-state index contributed by atoms with van der Waals surface area (Å²) in [6, 6.07) is 19.6. The highest BCUT2D eigenvalue weighted by atomic mass is 35.5. The van der Waals surface area contributed by atoms with Crippen LogP contribution in [0.5, 0.6) is 11.5 Å². The van der Waals surface area contributed by atoms with Crippen molar-refractivity contribution in [2.75, 3.05) is 26.0 Å². The number of amidine groups is 4. The molecule has 0 unspecified atom stereocenters. The Morgan fingerprint density at radius 3 is 1.48 bits per heavy atom. The Morgan fingerprint density at radius 1 is 0.671 bits per heavy atom. The summed E-state index contributed by atoms with van der Waals surface area (Å²) < 4.78 is 38.5. The van der Waals surface area contributed by atoms with E-state index >= 15 is 0 Å². The van der Waals surface area contributed by atoms with Crippen molar-refractivity contribution in [1.29, 1.82) is 0 Å². The predicted octanol–water partition coefficient (Wildman–Crippen LogP) is 6.80. The predicted molar refractivity (Wildman–Crippen MR) is 269 cm³/mol. The van der Waals surface area contributed by atoms with Gasteiger partial charge in [-0.05, 0) is 73.9 Å². The molecule has 0 fully saturated rings. The third kappa shape index (κ3) is 18.1. The van der Waals surface area contributed by atoms with E-state index in [9.17, 15) is 48.2 Å². The average Bonchev–Trinajstić information content (AvgIpc) is 3.36. The van der Waals surface area contributed by atoms with E-state index in [-0.39, 0.29) is 63.4 Å². The molecule has 0 atom stereocenters. The number of nitro benzene ring substituents is 2. The zero-order valence-electron chi connectivity index (χ0n) is 40.3. The molecule has 2 aliphatic heterocycles. The second-order valence-electron chi connectivity index (χ2n) is 14.9. The molecule has 6 rings (SSSR count). The Labute approximate surface area is 421 Å². The number of halogens is 3. The van der Waals surface area contributed by atoms with Crippen molar-refractivity contribution in [2.45, 2.75) is 41.0 Å². The van der Waals surface area contributed by atoms with Gasteiger partial charge in [-0.3, -0.25) is 56.3 Å². The number of hydrogen-bond donors (Lipinski definition) is 5. The number of benzene rings is 4. The van der Waals surface area contributed by atoms with E-state index < -0.39 is 27.5 Å². The third-order valence-corrected chi connectivity index (χ3v) is 9.85. The minimum absolute atomic E-state index is 0.0196. The Morgan fingerprint density at radius 2 is 1.11 bits per heavy atom. The van der Waals surface area contributed by atoms with E-state index in [1.165, 1.54) is 98.6 Å². The molecule has 4 aromatic rings. The molecule has 5 N–H and O–H groups in total. The van der Waals surface area contributed by atoms with Gasteiger partial charge in [-0.2, -0.15) is 20.4 Å². The van der Waals surface area contributed by atoms with Crippen molar-refractivity contribution in [2.24, 2.45) is 20.4 Å². The number of allylic oxidation sites excluding steroid dienone is 1. The number of hydrogen-bond acceptors (Lipinski definition) is 19. The number of nitro groups is 2. The molecular formula is C47H49ClF2N12O11. The summed E-state index contributed by atoms with van der Waals surface area (Å²) >= 11 is 5.76. The van der Waals surface area contributed by atoms with Gasteiger partial charge in [0.2, 0.25) is 11.7 Å². The van der Waals surface area contributed by atoms with E-state index in [4.69, 9.17) is 26.2 Å². The van der Waals surface area contributed by atoms with Crippen molar-refractivity contribution in [3.8, 4) is 11.5 Å². The summed E-state index contributed by atoms with van der Waals surface area (Å²) in [5.41, 5.74) is 12.4. The lowest BCUT2D eigenvalue weighted by molar-refractivity contribution is -0.385. The van der Waals surface area contributed by atoms with E-state index in [1.54, 1.807) is 6.07 Å². The van der Waals surface area contributed by atoms with Gasteiger partial charge in [-0.1, -0.05) is 36.7 Å². The summed E-state index contributed by atoms with van der Waals surface area (Å²) in [6.07, 6.45) is 4.71. The minimum atomic E-state index is -1.13. The largest absolute Gasteiger partial charge is 0.478 e. The average molecular weight is 1030 g/mol. The van der Waals surface area contributed by atoms with Gasteiger partial charge in [0, 0.05) is 65.3 Å². The van der Waals surface area contributed by atoms with Gasteiger partial charge in [-0.25, -0.2) is 13.6 Å². The van der Waals surface area contributed by atoms with Crippen molar-refractivity contribution in [1.82, 2.24) is 26.6 Å². The molecule has 0 bridgehead atoms. The van der Waals surface area contributed by atoms with Gasteiger partial charge in [0.05, 0.1) is 45.3 Å². The van der Waals surface area contributed by atoms with E-state index in [2.05, 4.69) is 42.1 Å². The topological polar surface area (TPSA) is 297 Å². The van der Waals surface area contributed by atoms with Crippen LogP contribution in [0.3, 0.4) is 0 Å². The molecule has 0 spiro atoms. The lowest BCUT2D eigenvalue weighted by atomic mass is 10.0. The number of carboxylic acid groups (broad SMARTS) is 1. The van der Waals surface area contributed by atoms with Gasteiger partial charge >= 0.3 is 5.97 Å². The molecule has 0 radical (unpaired) electrons. The SMILES string of the molecule is CC(=O)C1=NNC(c2c(F)cccc2N(C)C(=O)/C=C/Oc2ccc([N+](=O)[O-])cc2)=NN1.CC(C)=C(Cl)N(C)C.CCc1cccc(F)c1C1=NNC(C(C)=O)=NN1.O=C(O)/C=C/Oc1ccc([N+](=O)[O-])cc1. The zero-order valence-corrected chi connectivity index (χ0v) is 41.1. The number of aliphatic carboxylic acids is 1. The molecule has 384 valence electrons. The molecule has 4 aromatic carbocycles. The molecule has 0 saturated heterocycles. The van der Waals surface area contributed by atoms with Gasteiger partial charge in [0.15, 0.2) is 23.2 Å². The van der Waals surface area contributed by atoms with Crippen LogP contribution in [0.2, 0.25) is 0 Å². The second kappa shape index (κ2) is 28.3. The summed E-state index contributed by atoms with van der Waals surface area (Å²) in [6.45, 7) is 8.57. The van der Waals surface area contributed by atoms with Crippen LogP contribution in [-0.2, 0) is 25.6 Å². The minimum Gasteiger partial charge on any atom is -0.478 e. The van der Waals surface area contributed by atoms with Crippen molar-refractivity contribution in [3.05, 3.63) is 169 Å². The van der Waals surface area contributed by atoms with Gasteiger partial charge in [0.1, 0.15) is 28.3 Å². The highest BCUT2D eigenvalue weighted by Crippen LogP contribution is 2.24. The molecule has 0 aromatic heterocycles. The number of aryl methyl sites for hydroxylation is 1. The number of carbonyl (C=O) groups excluding carboxylic acids is 3. The van der Waals surface area contributed by atoms with Crippen LogP contribution in [0.4, 0.5) is 25.8 Å². The monoisotopic (exact) mass is 1030 g/mol. The normalized spacial score (nSPS) is 12.2. The van der Waals surface area contributed by atoms with Crippen molar-refractivity contribution >= 4 is 75.4 Å². The van der Waals surface area contributed by atoms with Gasteiger partial charge in [-0.15, -0.1) is 0 Å². The highest BCUT2D eigenvalue weighted by molar-refractivity contribution is 6.39. The van der Waals surface area contributed by atoms with Crippen LogP contribution < -0.4 is 36.1 Å². The lowest BCUT2D eigenvalue weighted by Gasteiger charge is -2.21. The zero-order chi connectivity index (χ0) is 54.4. The van der Waals surface area contributed by atoms with E-state index in [0.717, 1.165) is 41.0 Å². The van der Waals surface area contributed by atoms with Crippen LogP contribution >= 0.6 is 11.6 Å². The highest BCUT2D eigenvalue weighted by Gasteiger charge is 2.23. The van der Waals surface area contributed by atoms with Crippen molar-refractivity contribution < 1.29 is 52.4 Å². The molecule has 0 saturated carbocycles. The first kappa shape index (κ1) is 57.9. The molecule has 1 amide bonds. The second-order valence-corrected chi connectivity index (χ2v) is 15.3. The molecule has 23 nitrogen and oxygen atoms in total. The first-order valence-electron chi connectivity index (χ1n) is 21.2. The number of Topliss-reactive ketones (excluding diaryl/α,β-unsaturated/α-hetero) is 2. The number of anilines is 1. The number of rotatable bonds is 15. The van der Waals surface area contributed by atoms with Crippen molar-refractivity contribution in [3.63, 3.8) is 0 Å². The standard InChI is InChI=1S/C20H17FN6O5.C12H13FN4O.C9H7NO5.C6H12ClN/c1-12(28)19-22-24-20(25-23-19)18-15(21)4-3-5-16(18)26(2)17(29)10-11-32-14-8-6-13(7-9-14)27(30)31;1-3-8-5-4-6-9(13)10(8)12-16-14-11(7(2)18)15-17-12;11-9(12)5-6-15-8-3-1-7(2-4-8)10(13)14;1-5(2)6(7)8(3)4/h3-11H,1-2H3,(H,22,23)(H,24,25);4-6H,3H2,1-2H3,(H,14,15)(H,16,17);1-6H,(H,11,12);1-4H3/b11-10+;;6-5+;. The van der Waals surface area contributed by atoms with Crippen LogP contribution in [0.1, 0.15) is 51.3 Å². The summed E-state index contributed by atoms with van der Waals surface area (Å²) in [7, 11) is 5.28. The van der Waals surface area contributed by atoms with E-state index in [1.807, 2.05) is 45.8 Å². The maximum atomic E-state index is 14.6. The Bertz CT molecular complexity index is 2900. The van der Waals surface area contributed by atoms with Crippen LogP contribution in [-0.4, -0.2) is 87.8 Å². The Balaban J connectivity index is 0.000000289. The number of nitrogens with one attached hydrogen (secondary N) is 4. The molecule has 26 heteroatoms. The van der Waals surface area contributed by atoms with Crippen LogP contribution in [0.15, 0.2) is 141 Å². The molecular weight excluding hydrogens is 982 g/mol. The molecule has 0 aliphatic carbocycles. The fraction of sp³-hybridized carbons (Fsp3) is 0.191. The van der Waals surface area contributed by atoms with Gasteiger partial charge < -0.3 is 24.4 Å². The lowest BCUT2D eigenvalue weighted by Crippen LogP contribution is -2.38. The van der Waals surface area contributed by atoms with Gasteiger partial charge in [0.25, 0.3) is 17.3 Å². The first-order chi connectivity index (χ1) is 34.5. The van der Waals surface area contributed by atoms with Crippen LogP contribution in [0, 0.1) is 31.9 Å². The maximum absolute atomic E-state index is 14.6. The van der Waals surface area contributed by atoms with E-state index in [0.29, 0.717) is 23.5 Å². The summed E-state index contributed by atoms with van der Waals surface area (Å²) in [5.74, 6) is -2.37. The fourth-order valence-corrected chi connectivity index (χ4v) is 5.54. The molecule has 2 aliphatic rings. The first-order valence-corrected chi connectivity index (χ1v) is 21.5. The Hall–Kier alpha value is -9.39. The number of carboxylic acids is 1. The number of amides is 1. The smallest absolute Gasteiger partial charge is 0.331 e. The fourth-order valence-electron chi connectivity index (χ4n) is 5.54. The number of ether oxygens (including phenoxy) is 2. The number of non-ortho nitro benzene ring substituents is 2. The number of nitrogens with zero attached hydrogens (tertiary/aromatic N) is 8. The maximum Gasteiger partial charge on any atom is 0.331 e. The Kier molecular flexibility index (Phi) is 22.5. The number of ketones is 2. The van der Waals surface area contributed by atoms with Crippen LogP contribution in [0.25, 0.3) is 0 Å². The number of hydrazone groups is 4. The summed E-state index contributed by atoms with van der Waals surface area (Å²) in [5, 5.41) is 45.5. The third-order valence-electron chi connectivity index (χ3n) is 9.13. The quantitative estimate of drug-likeness (QED) is 0.0269. The molecule has 2 heterocycles. The summed E-state index contributed by atoms with van der Waals surface area (Å²) in [4.78, 5) is 68.0. The number of carbonyl (C=O) groups is 4.